The van der Waals surface area contributed by atoms with Gasteiger partial charge in [-0.05, 0) is 43.7 Å². The van der Waals surface area contributed by atoms with Crippen molar-refractivity contribution in [3.63, 3.8) is 0 Å². The maximum Gasteiger partial charge on any atom is 0.240 e. The largest absolute Gasteiger partial charge is 0.342 e. The minimum atomic E-state index is -1.02. The summed E-state index contributed by atoms with van der Waals surface area (Å²) in [5.74, 6) is -1.95. The average Bonchev–Trinajstić information content (AvgIpc) is 3.33. The molecular weight excluding hydrogens is 302 g/mol. The van der Waals surface area contributed by atoms with Crippen molar-refractivity contribution in [3.8, 4) is 0 Å². The van der Waals surface area contributed by atoms with Gasteiger partial charge in [-0.25, -0.2) is 8.78 Å². The highest BCUT2D eigenvalue weighted by Gasteiger charge is 2.58. The Morgan fingerprint density at radius 3 is 2.39 bits per heavy atom. The molecule has 6 heteroatoms. The molecule has 1 saturated carbocycles. The number of halogens is 2. The van der Waals surface area contributed by atoms with Crippen LogP contribution in [-0.2, 0) is 9.59 Å². The van der Waals surface area contributed by atoms with Gasteiger partial charge < -0.3 is 10.2 Å². The molecule has 0 atom stereocenters. The number of piperidine rings is 1. The van der Waals surface area contributed by atoms with Gasteiger partial charge in [0.1, 0.15) is 5.41 Å². The van der Waals surface area contributed by atoms with Crippen LogP contribution in [0, 0.1) is 23.0 Å². The maximum absolute atomic E-state index is 13.2. The summed E-state index contributed by atoms with van der Waals surface area (Å²) < 4.78 is 26.2. The molecule has 0 bridgehead atoms. The second kappa shape index (κ2) is 5.91. The first kappa shape index (κ1) is 15.9. The molecule has 0 radical (unpaired) electrons. The number of nitrogens with one attached hydrogen (secondary N) is 1. The highest BCUT2D eigenvalue weighted by atomic mass is 19.2. The Morgan fingerprint density at radius 1 is 1.17 bits per heavy atom. The van der Waals surface area contributed by atoms with Gasteiger partial charge in [-0.15, -0.1) is 0 Å². The molecule has 1 N–H and O–H groups in total. The van der Waals surface area contributed by atoms with Crippen molar-refractivity contribution in [3.05, 3.63) is 29.8 Å². The Labute approximate surface area is 133 Å². The van der Waals surface area contributed by atoms with Crippen LogP contribution in [0.15, 0.2) is 18.2 Å². The summed E-state index contributed by atoms with van der Waals surface area (Å²) in [6.07, 6.45) is 2.92. The SMILES string of the molecule is CC1CCN(C(=O)C2(C(=O)Nc3ccc(F)c(F)c3)CC2)CC1. The molecule has 1 aliphatic carbocycles. The number of rotatable bonds is 3. The summed E-state index contributed by atoms with van der Waals surface area (Å²) in [6.45, 7) is 3.52. The summed E-state index contributed by atoms with van der Waals surface area (Å²) in [4.78, 5) is 26.9. The standard InChI is InChI=1S/C17H20F2N2O2/c1-11-4-8-21(9-5-11)16(23)17(6-7-17)15(22)20-12-2-3-13(18)14(19)10-12/h2-3,10-11H,4-9H2,1H3,(H,20,22). The molecule has 1 saturated heterocycles. The lowest BCUT2D eigenvalue weighted by atomic mass is 9.96. The molecule has 0 aromatic heterocycles. The Kier molecular flexibility index (Phi) is 4.08. The molecule has 1 aromatic rings. The van der Waals surface area contributed by atoms with E-state index >= 15 is 0 Å². The first-order valence-electron chi connectivity index (χ1n) is 7.98. The van der Waals surface area contributed by atoms with Gasteiger partial charge in [-0.1, -0.05) is 6.92 Å². The van der Waals surface area contributed by atoms with Crippen molar-refractivity contribution < 1.29 is 18.4 Å². The molecule has 1 aromatic carbocycles. The third-order valence-corrected chi connectivity index (χ3v) is 4.84. The Hall–Kier alpha value is -1.98. The lowest BCUT2D eigenvalue weighted by molar-refractivity contribution is -0.143. The summed E-state index contributed by atoms with van der Waals surface area (Å²) in [7, 11) is 0. The zero-order chi connectivity index (χ0) is 16.6. The van der Waals surface area contributed by atoms with E-state index in [9.17, 15) is 18.4 Å². The molecule has 124 valence electrons. The summed E-state index contributed by atoms with van der Waals surface area (Å²) in [5.41, 5.74) is -0.855. The highest BCUT2D eigenvalue weighted by Crippen LogP contribution is 2.48. The van der Waals surface area contributed by atoms with Gasteiger partial charge in [0.15, 0.2) is 11.6 Å². The number of benzene rings is 1. The van der Waals surface area contributed by atoms with E-state index in [-0.39, 0.29) is 11.6 Å². The summed E-state index contributed by atoms with van der Waals surface area (Å²) in [5, 5.41) is 2.55. The van der Waals surface area contributed by atoms with Gasteiger partial charge in [-0.3, -0.25) is 9.59 Å². The molecule has 1 aliphatic heterocycles. The van der Waals surface area contributed by atoms with Crippen LogP contribution < -0.4 is 5.32 Å². The van der Waals surface area contributed by atoms with Crippen LogP contribution in [0.3, 0.4) is 0 Å². The van der Waals surface area contributed by atoms with Gasteiger partial charge in [0.2, 0.25) is 11.8 Å². The molecular formula is C17H20F2N2O2. The van der Waals surface area contributed by atoms with Crippen LogP contribution in [0.5, 0.6) is 0 Å². The minimum Gasteiger partial charge on any atom is -0.342 e. The number of nitrogens with zero attached hydrogens (tertiary/aromatic N) is 1. The van der Waals surface area contributed by atoms with Gasteiger partial charge in [0.25, 0.3) is 0 Å². The van der Waals surface area contributed by atoms with Crippen LogP contribution in [-0.4, -0.2) is 29.8 Å². The average molecular weight is 322 g/mol. The zero-order valence-corrected chi connectivity index (χ0v) is 13.1. The van der Waals surface area contributed by atoms with Gasteiger partial charge in [0, 0.05) is 24.8 Å². The van der Waals surface area contributed by atoms with Gasteiger partial charge in [0.05, 0.1) is 0 Å². The molecule has 2 aliphatic rings. The fourth-order valence-electron chi connectivity index (χ4n) is 3.00. The lowest BCUT2D eigenvalue weighted by Crippen LogP contribution is -2.46. The van der Waals surface area contributed by atoms with Crippen LogP contribution in [0.4, 0.5) is 14.5 Å². The van der Waals surface area contributed by atoms with E-state index in [1.165, 1.54) is 6.07 Å². The second-order valence-corrected chi connectivity index (χ2v) is 6.64. The molecule has 3 rings (SSSR count). The van der Waals surface area contributed by atoms with Crippen LogP contribution in [0.2, 0.25) is 0 Å². The fraction of sp³-hybridized carbons (Fsp3) is 0.529. The lowest BCUT2D eigenvalue weighted by Gasteiger charge is -2.32. The van der Waals surface area contributed by atoms with E-state index < -0.39 is 23.0 Å². The van der Waals surface area contributed by atoms with E-state index in [1.54, 1.807) is 4.90 Å². The first-order chi connectivity index (χ1) is 10.9. The first-order valence-corrected chi connectivity index (χ1v) is 7.98. The highest BCUT2D eigenvalue weighted by molar-refractivity contribution is 6.13. The number of likely N-dealkylation sites (tertiary alicyclic amines) is 1. The summed E-state index contributed by atoms with van der Waals surface area (Å²) >= 11 is 0. The van der Waals surface area contributed by atoms with Crippen molar-refractivity contribution >= 4 is 17.5 Å². The number of hydrogen-bond acceptors (Lipinski definition) is 2. The minimum absolute atomic E-state index is 0.135. The van der Waals surface area contributed by atoms with Crippen molar-refractivity contribution in [2.24, 2.45) is 11.3 Å². The topological polar surface area (TPSA) is 49.4 Å². The van der Waals surface area contributed by atoms with E-state index in [0.29, 0.717) is 31.8 Å². The van der Waals surface area contributed by atoms with E-state index in [4.69, 9.17) is 0 Å². The Balaban J connectivity index is 1.68. The third kappa shape index (κ3) is 3.07. The van der Waals surface area contributed by atoms with Gasteiger partial charge in [-0.2, -0.15) is 0 Å². The van der Waals surface area contributed by atoms with Gasteiger partial charge >= 0.3 is 0 Å². The molecule has 0 unspecified atom stereocenters. The number of amides is 2. The molecule has 0 spiro atoms. The Morgan fingerprint density at radius 2 is 1.83 bits per heavy atom. The van der Waals surface area contributed by atoms with Crippen molar-refractivity contribution in [1.29, 1.82) is 0 Å². The van der Waals surface area contributed by atoms with Crippen molar-refractivity contribution in [1.82, 2.24) is 4.90 Å². The molecule has 2 fully saturated rings. The van der Waals surface area contributed by atoms with Crippen LogP contribution in [0.25, 0.3) is 0 Å². The van der Waals surface area contributed by atoms with E-state index in [2.05, 4.69) is 12.2 Å². The normalized spacial score (nSPS) is 20.2. The predicted molar refractivity (Wildman–Crippen MR) is 81.6 cm³/mol. The quantitative estimate of drug-likeness (QED) is 0.870. The number of hydrogen-bond donors (Lipinski definition) is 1. The van der Waals surface area contributed by atoms with E-state index in [1.807, 2.05) is 0 Å². The molecule has 4 nitrogen and oxygen atoms in total. The zero-order valence-electron chi connectivity index (χ0n) is 13.1. The third-order valence-electron chi connectivity index (χ3n) is 4.84. The monoisotopic (exact) mass is 322 g/mol. The smallest absolute Gasteiger partial charge is 0.240 e. The molecule has 2 amide bonds. The second-order valence-electron chi connectivity index (χ2n) is 6.64. The summed E-state index contributed by atoms with van der Waals surface area (Å²) in [6, 6.07) is 3.17. The maximum atomic E-state index is 13.2. The van der Waals surface area contributed by atoms with Crippen molar-refractivity contribution in [2.75, 3.05) is 18.4 Å². The number of carbonyl (C=O) groups excluding carboxylic acids is 2. The number of carbonyl (C=O) groups is 2. The number of anilines is 1. The molecule has 1 heterocycles. The Bertz CT molecular complexity index is 635. The van der Waals surface area contributed by atoms with Crippen LogP contribution in [0.1, 0.15) is 32.6 Å². The fourth-order valence-corrected chi connectivity index (χ4v) is 3.00. The predicted octanol–water partition coefficient (Wildman–Crippen LogP) is 2.94. The van der Waals surface area contributed by atoms with Crippen molar-refractivity contribution in [2.45, 2.75) is 32.6 Å². The van der Waals surface area contributed by atoms with Crippen LogP contribution >= 0.6 is 0 Å². The molecule has 23 heavy (non-hydrogen) atoms. The van der Waals surface area contributed by atoms with E-state index in [0.717, 1.165) is 25.0 Å².